The smallest absolute Gasteiger partial charge is 0.221 e. The molecule has 0 N–H and O–H groups in total. The van der Waals surface area contributed by atoms with E-state index in [4.69, 9.17) is 0 Å². The minimum atomic E-state index is 0.534. The van der Waals surface area contributed by atoms with Crippen molar-refractivity contribution in [1.82, 2.24) is 39.7 Å². The van der Waals surface area contributed by atoms with E-state index in [1.807, 2.05) is 30.9 Å². The summed E-state index contributed by atoms with van der Waals surface area (Å²) in [5, 5.41) is 12.5. The van der Waals surface area contributed by atoms with Crippen molar-refractivity contribution in [3.63, 3.8) is 0 Å². The highest BCUT2D eigenvalue weighted by atomic mass is 32.1. The first kappa shape index (κ1) is 14.2. The van der Waals surface area contributed by atoms with Gasteiger partial charge in [0.2, 0.25) is 5.65 Å². The zero-order chi connectivity index (χ0) is 16.8. The summed E-state index contributed by atoms with van der Waals surface area (Å²) in [6, 6.07) is 6.19. The SMILES string of the molecule is Cn1cc(-c2cnc3nnn(Cc4ccc5ncsc5c4)c3n2)cn1. The minimum Gasteiger partial charge on any atom is -0.275 e. The first-order valence-corrected chi connectivity index (χ1v) is 8.51. The van der Waals surface area contributed by atoms with E-state index in [0.717, 1.165) is 27.0 Å². The van der Waals surface area contributed by atoms with Gasteiger partial charge in [-0.15, -0.1) is 16.4 Å². The van der Waals surface area contributed by atoms with Gasteiger partial charge in [0.25, 0.3) is 0 Å². The molecule has 0 saturated carbocycles. The van der Waals surface area contributed by atoms with E-state index in [1.54, 1.807) is 33.1 Å². The topological polar surface area (TPSA) is 87.2 Å². The predicted molar refractivity (Wildman–Crippen MR) is 94.0 cm³/mol. The molecule has 5 aromatic rings. The van der Waals surface area contributed by atoms with Crippen LogP contribution in [-0.4, -0.2) is 39.7 Å². The lowest BCUT2D eigenvalue weighted by Crippen LogP contribution is -2.03. The fourth-order valence-electron chi connectivity index (χ4n) is 2.73. The second-order valence-corrected chi connectivity index (χ2v) is 6.59. The summed E-state index contributed by atoms with van der Waals surface area (Å²) >= 11 is 1.63. The largest absolute Gasteiger partial charge is 0.275 e. The summed E-state index contributed by atoms with van der Waals surface area (Å²) in [5.41, 5.74) is 6.84. The number of hydrogen-bond acceptors (Lipinski definition) is 7. The molecule has 25 heavy (non-hydrogen) atoms. The van der Waals surface area contributed by atoms with Gasteiger partial charge >= 0.3 is 0 Å². The molecule has 0 atom stereocenters. The fraction of sp³-hybridized carbons (Fsp3) is 0.125. The summed E-state index contributed by atoms with van der Waals surface area (Å²) < 4.78 is 4.66. The zero-order valence-corrected chi connectivity index (χ0v) is 14.1. The second-order valence-electron chi connectivity index (χ2n) is 5.71. The highest BCUT2D eigenvalue weighted by Crippen LogP contribution is 2.21. The molecule has 8 nitrogen and oxygen atoms in total. The first-order chi connectivity index (χ1) is 12.3. The molecule has 0 aliphatic carbocycles. The molecule has 0 unspecified atom stereocenters. The Labute approximate surface area is 145 Å². The molecule has 0 aliphatic heterocycles. The fourth-order valence-corrected chi connectivity index (χ4v) is 3.47. The van der Waals surface area contributed by atoms with Gasteiger partial charge in [0.05, 0.1) is 40.4 Å². The Morgan fingerprint density at radius 2 is 2.12 bits per heavy atom. The molecule has 0 saturated heterocycles. The van der Waals surface area contributed by atoms with Gasteiger partial charge in [0.1, 0.15) is 0 Å². The molecule has 4 heterocycles. The Hall–Kier alpha value is -3.20. The number of fused-ring (bicyclic) bond motifs is 2. The third kappa shape index (κ3) is 2.45. The molecule has 5 rings (SSSR count). The molecular formula is C16H12N8S. The summed E-state index contributed by atoms with van der Waals surface area (Å²) in [7, 11) is 1.87. The van der Waals surface area contributed by atoms with Crippen LogP contribution in [0.2, 0.25) is 0 Å². The van der Waals surface area contributed by atoms with Crippen LogP contribution >= 0.6 is 11.3 Å². The summed E-state index contributed by atoms with van der Waals surface area (Å²) in [4.78, 5) is 13.4. The Morgan fingerprint density at radius 1 is 1.16 bits per heavy atom. The Kier molecular flexibility index (Phi) is 3.07. The van der Waals surface area contributed by atoms with E-state index >= 15 is 0 Å². The molecule has 0 radical (unpaired) electrons. The molecule has 122 valence electrons. The maximum Gasteiger partial charge on any atom is 0.221 e. The quantitative estimate of drug-likeness (QED) is 0.497. The van der Waals surface area contributed by atoms with Crippen LogP contribution in [0.5, 0.6) is 0 Å². The van der Waals surface area contributed by atoms with E-state index < -0.39 is 0 Å². The van der Waals surface area contributed by atoms with E-state index in [0.29, 0.717) is 17.8 Å². The average molecular weight is 348 g/mol. The first-order valence-electron chi connectivity index (χ1n) is 7.64. The van der Waals surface area contributed by atoms with Crippen LogP contribution in [0.25, 0.3) is 32.8 Å². The maximum atomic E-state index is 4.68. The number of rotatable bonds is 3. The van der Waals surface area contributed by atoms with Gasteiger partial charge in [-0.25, -0.2) is 19.6 Å². The zero-order valence-electron chi connectivity index (χ0n) is 13.2. The van der Waals surface area contributed by atoms with Crippen LogP contribution in [0.15, 0.2) is 42.3 Å². The van der Waals surface area contributed by atoms with Gasteiger partial charge in [-0.3, -0.25) is 4.68 Å². The van der Waals surface area contributed by atoms with Crippen molar-refractivity contribution in [1.29, 1.82) is 0 Å². The van der Waals surface area contributed by atoms with Crippen LogP contribution in [-0.2, 0) is 13.6 Å². The van der Waals surface area contributed by atoms with Crippen LogP contribution in [0, 0.1) is 0 Å². The van der Waals surface area contributed by atoms with Crippen molar-refractivity contribution >= 4 is 32.8 Å². The minimum absolute atomic E-state index is 0.534. The average Bonchev–Trinajstić information content (AvgIpc) is 3.34. The van der Waals surface area contributed by atoms with Crippen molar-refractivity contribution in [2.24, 2.45) is 7.05 Å². The van der Waals surface area contributed by atoms with Crippen molar-refractivity contribution in [2.75, 3.05) is 0 Å². The van der Waals surface area contributed by atoms with Gasteiger partial charge < -0.3 is 0 Å². The monoisotopic (exact) mass is 348 g/mol. The van der Waals surface area contributed by atoms with E-state index in [1.165, 1.54) is 0 Å². The number of nitrogens with zero attached hydrogens (tertiary/aromatic N) is 8. The third-order valence-corrected chi connectivity index (χ3v) is 4.75. The number of benzene rings is 1. The van der Waals surface area contributed by atoms with Crippen molar-refractivity contribution in [3.8, 4) is 11.3 Å². The Morgan fingerprint density at radius 3 is 3.00 bits per heavy atom. The van der Waals surface area contributed by atoms with E-state index in [9.17, 15) is 0 Å². The van der Waals surface area contributed by atoms with E-state index in [-0.39, 0.29) is 0 Å². The standard InChI is InChI=1S/C16H12N8S/c1-23-8-11(5-19-23)13-6-17-15-16(20-13)24(22-21-15)7-10-2-3-12-14(4-10)25-9-18-12/h2-6,8-9H,7H2,1H3. The molecule has 0 bridgehead atoms. The molecule has 4 aromatic heterocycles. The lowest BCUT2D eigenvalue weighted by molar-refractivity contribution is 0.665. The molecular weight excluding hydrogens is 336 g/mol. The van der Waals surface area contributed by atoms with Crippen molar-refractivity contribution < 1.29 is 0 Å². The van der Waals surface area contributed by atoms with Gasteiger partial charge in [-0.05, 0) is 17.7 Å². The number of hydrogen-bond donors (Lipinski definition) is 0. The molecule has 0 fully saturated rings. The van der Waals surface area contributed by atoms with Crippen LogP contribution in [0.1, 0.15) is 5.56 Å². The normalized spacial score (nSPS) is 11.6. The van der Waals surface area contributed by atoms with Gasteiger partial charge in [0.15, 0.2) is 5.65 Å². The predicted octanol–water partition coefficient (Wildman–Crippen LogP) is 2.28. The second kappa shape index (κ2) is 5.42. The summed E-state index contributed by atoms with van der Waals surface area (Å²) in [5.74, 6) is 0. The summed E-state index contributed by atoms with van der Waals surface area (Å²) in [6.45, 7) is 0.579. The lowest BCUT2D eigenvalue weighted by atomic mass is 10.2. The molecule has 0 aliphatic rings. The number of aryl methyl sites for hydroxylation is 1. The highest BCUT2D eigenvalue weighted by Gasteiger charge is 2.11. The van der Waals surface area contributed by atoms with Crippen molar-refractivity contribution in [3.05, 3.63) is 47.9 Å². The Balaban J connectivity index is 1.56. The van der Waals surface area contributed by atoms with Crippen LogP contribution in [0.4, 0.5) is 0 Å². The van der Waals surface area contributed by atoms with E-state index in [2.05, 4.69) is 36.4 Å². The molecule has 0 spiro atoms. The molecule has 9 heteroatoms. The lowest BCUT2D eigenvalue weighted by Gasteiger charge is -2.03. The number of aromatic nitrogens is 8. The third-order valence-electron chi connectivity index (χ3n) is 3.96. The van der Waals surface area contributed by atoms with Gasteiger partial charge in [0, 0.05) is 18.8 Å². The maximum absolute atomic E-state index is 4.68. The molecule has 1 aromatic carbocycles. The van der Waals surface area contributed by atoms with Crippen LogP contribution in [0.3, 0.4) is 0 Å². The highest BCUT2D eigenvalue weighted by molar-refractivity contribution is 7.16. The van der Waals surface area contributed by atoms with Crippen LogP contribution < -0.4 is 0 Å². The number of thiazole rings is 1. The Bertz CT molecular complexity index is 1200. The van der Waals surface area contributed by atoms with Gasteiger partial charge in [-0.1, -0.05) is 11.3 Å². The summed E-state index contributed by atoms with van der Waals surface area (Å²) in [6.07, 6.45) is 5.37. The van der Waals surface area contributed by atoms with Crippen molar-refractivity contribution in [2.45, 2.75) is 6.54 Å². The molecule has 0 amide bonds. The van der Waals surface area contributed by atoms with Gasteiger partial charge in [-0.2, -0.15) is 5.10 Å².